The molecule has 0 bridgehead atoms. The van der Waals surface area contributed by atoms with Gasteiger partial charge in [-0.05, 0) is 85.6 Å². The van der Waals surface area contributed by atoms with Crippen LogP contribution in [0.1, 0.15) is 78.7 Å². The molecule has 2 aliphatic rings. The molecule has 0 spiro atoms. The summed E-state index contributed by atoms with van der Waals surface area (Å²) in [4.78, 5) is 4.26. The molecule has 3 nitrogen and oxygen atoms in total. The lowest BCUT2D eigenvalue weighted by Crippen LogP contribution is -2.21. The SMILES string of the molecule is OC(c1c(C2CC2)ccn2cncc12)C1CCC(c2ccc(C(F)(F)F)cc2)CC1. The number of pyridine rings is 1. The third-order valence-corrected chi connectivity index (χ3v) is 6.91. The van der Waals surface area contributed by atoms with Gasteiger partial charge in [0.2, 0.25) is 0 Å². The first-order chi connectivity index (χ1) is 14.4. The number of nitrogens with zero attached hydrogens (tertiary/aromatic N) is 2. The molecule has 2 heterocycles. The summed E-state index contributed by atoms with van der Waals surface area (Å²) in [5.41, 5.74) is 3.62. The molecule has 158 valence electrons. The Balaban J connectivity index is 1.32. The molecule has 0 radical (unpaired) electrons. The number of hydrogen-bond donors (Lipinski definition) is 1. The lowest BCUT2D eigenvalue weighted by Gasteiger charge is -2.33. The molecule has 2 aromatic heterocycles. The quantitative estimate of drug-likeness (QED) is 0.549. The summed E-state index contributed by atoms with van der Waals surface area (Å²) in [5.74, 6) is 0.955. The van der Waals surface area contributed by atoms with Crippen LogP contribution in [0.4, 0.5) is 13.2 Å². The number of aromatic nitrogens is 2. The summed E-state index contributed by atoms with van der Waals surface area (Å²) in [6, 6.07) is 7.71. The minimum Gasteiger partial charge on any atom is -0.388 e. The zero-order chi connectivity index (χ0) is 20.9. The molecular formula is C24H25F3N2O. The first-order valence-electron chi connectivity index (χ1n) is 10.7. The maximum atomic E-state index is 12.8. The summed E-state index contributed by atoms with van der Waals surface area (Å²) in [6.07, 6.45) is 6.63. The van der Waals surface area contributed by atoms with E-state index in [9.17, 15) is 18.3 Å². The lowest BCUT2D eigenvalue weighted by atomic mass is 9.74. The van der Waals surface area contributed by atoms with Gasteiger partial charge in [0.05, 0.1) is 29.7 Å². The van der Waals surface area contributed by atoms with Gasteiger partial charge in [-0.2, -0.15) is 13.2 Å². The zero-order valence-electron chi connectivity index (χ0n) is 16.6. The van der Waals surface area contributed by atoms with Gasteiger partial charge in [0, 0.05) is 11.8 Å². The second kappa shape index (κ2) is 7.41. The average Bonchev–Trinajstić information content (AvgIpc) is 3.48. The molecule has 30 heavy (non-hydrogen) atoms. The molecule has 5 rings (SSSR count). The molecule has 1 atom stereocenters. The Kier molecular flexibility index (Phi) is 4.85. The normalized spacial score (nSPS) is 23.6. The molecule has 3 aromatic rings. The van der Waals surface area contributed by atoms with Gasteiger partial charge in [-0.3, -0.25) is 0 Å². The van der Waals surface area contributed by atoms with Crippen molar-refractivity contribution in [3.8, 4) is 0 Å². The van der Waals surface area contributed by atoms with Crippen LogP contribution in [-0.4, -0.2) is 14.5 Å². The zero-order valence-corrected chi connectivity index (χ0v) is 16.6. The molecular weight excluding hydrogens is 389 g/mol. The van der Waals surface area contributed by atoms with Crippen LogP contribution in [0.3, 0.4) is 0 Å². The number of imidazole rings is 1. The van der Waals surface area contributed by atoms with Crippen molar-refractivity contribution in [1.82, 2.24) is 9.38 Å². The molecule has 1 unspecified atom stereocenters. The predicted octanol–water partition coefficient (Wildman–Crippen LogP) is 6.24. The number of hydrogen-bond acceptors (Lipinski definition) is 2. The van der Waals surface area contributed by atoms with Gasteiger partial charge in [-0.15, -0.1) is 0 Å². The molecule has 1 aromatic carbocycles. The highest BCUT2D eigenvalue weighted by atomic mass is 19.4. The van der Waals surface area contributed by atoms with Gasteiger partial charge in [0.15, 0.2) is 0 Å². The molecule has 0 amide bonds. The number of fused-ring (bicyclic) bond motifs is 1. The van der Waals surface area contributed by atoms with Gasteiger partial charge >= 0.3 is 6.18 Å². The smallest absolute Gasteiger partial charge is 0.388 e. The van der Waals surface area contributed by atoms with E-state index in [2.05, 4.69) is 11.1 Å². The molecule has 1 N–H and O–H groups in total. The fraction of sp³-hybridized carbons (Fsp3) is 0.458. The van der Waals surface area contributed by atoms with Crippen LogP contribution in [0, 0.1) is 5.92 Å². The van der Waals surface area contributed by atoms with Crippen molar-refractivity contribution in [2.24, 2.45) is 5.92 Å². The topological polar surface area (TPSA) is 37.5 Å². The molecule has 2 aliphatic carbocycles. The Morgan fingerprint density at radius 2 is 1.60 bits per heavy atom. The Labute approximate surface area is 173 Å². The summed E-state index contributed by atoms with van der Waals surface area (Å²) in [6.45, 7) is 0. The first-order valence-corrected chi connectivity index (χ1v) is 10.7. The van der Waals surface area contributed by atoms with Crippen molar-refractivity contribution in [3.63, 3.8) is 0 Å². The van der Waals surface area contributed by atoms with Crippen LogP contribution >= 0.6 is 0 Å². The third-order valence-electron chi connectivity index (χ3n) is 6.91. The van der Waals surface area contributed by atoms with Crippen molar-refractivity contribution in [2.45, 2.75) is 62.6 Å². The number of aliphatic hydroxyl groups excluding tert-OH is 1. The van der Waals surface area contributed by atoms with Crippen molar-refractivity contribution in [3.05, 3.63) is 71.3 Å². The molecule has 0 aliphatic heterocycles. The van der Waals surface area contributed by atoms with E-state index in [1.54, 1.807) is 18.5 Å². The van der Waals surface area contributed by atoms with Gasteiger partial charge in [-0.25, -0.2) is 4.98 Å². The van der Waals surface area contributed by atoms with Crippen LogP contribution in [-0.2, 0) is 6.18 Å². The van der Waals surface area contributed by atoms with E-state index >= 15 is 0 Å². The van der Waals surface area contributed by atoms with E-state index in [1.807, 2.05) is 16.8 Å². The van der Waals surface area contributed by atoms with Crippen molar-refractivity contribution >= 4 is 5.52 Å². The van der Waals surface area contributed by atoms with Crippen LogP contribution < -0.4 is 0 Å². The Morgan fingerprint density at radius 1 is 0.933 bits per heavy atom. The first kappa shape index (κ1) is 19.6. The Morgan fingerprint density at radius 3 is 2.23 bits per heavy atom. The van der Waals surface area contributed by atoms with Gasteiger partial charge in [0.25, 0.3) is 0 Å². The number of rotatable bonds is 4. The fourth-order valence-electron chi connectivity index (χ4n) is 5.05. The van der Waals surface area contributed by atoms with E-state index in [-0.39, 0.29) is 11.8 Å². The highest BCUT2D eigenvalue weighted by molar-refractivity contribution is 5.59. The third kappa shape index (κ3) is 3.62. The number of alkyl halides is 3. The Hall–Kier alpha value is -2.34. The predicted molar refractivity (Wildman–Crippen MR) is 108 cm³/mol. The van der Waals surface area contributed by atoms with Crippen molar-refractivity contribution in [1.29, 1.82) is 0 Å². The highest BCUT2D eigenvalue weighted by Gasteiger charge is 2.35. The van der Waals surface area contributed by atoms with Gasteiger partial charge in [0.1, 0.15) is 0 Å². The van der Waals surface area contributed by atoms with Crippen LogP contribution in [0.5, 0.6) is 0 Å². The minimum atomic E-state index is -4.30. The summed E-state index contributed by atoms with van der Waals surface area (Å²) in [7, 11) is 0. The summed E-state index contributed by atoms with van der Waals surface area (Å²) >= 11 is 0. The van der Waals surface area contributed by atoms with Crippen molar-refractivity contribution < 1.29 is 18.3 Å². The van der Waals surface area contributed by atoms with E-state index in [1.165, 1.54) is 30.5 Å². The van der Waals surface area contributed by atoms with Crippen LogP contribution in [0.15, 0.2) is 49.1 Å². The molecule has 0 saturated heterocycles. The van der Waals surface area contributed by atoms with Crippen LogP contribution in [0.25, 0.3) is 5.52 Å². The van der Waals surface area contributed by atoms with Crippen LogP contribution in [0.2, 0.25) is 0 Å². The monoisotopic (exact) mass is 414 g/mol. The maximum Gasteiger partial charge on any atom is 0.416 e. The lowest BCUT2D eigenvalue weighted by molar-refractivity contribution is -0.137. The van der Waals surface area contributed by atoms with Crippen molar-refractivity contribution in [2.75, 3.05) is 0 Å². The summed E-state index contributed by atoms with van der Waals surface area (Å²) < 4.78 is 40.4. The molecule has 2 fully saturated rings. The fourth-order valence-corrected chi connectivity index (χ4v) is 5.05. The summed E-state index contributed by atoms with van der Waals surface area (Å²) in [5, 5.41) is 11.3. The largest absolute Gasteiger partial charge is 0.416 e. The van der Waals surface area contributed by atoms with E-state index < -0.39 is 17.8 Å². The average molecular weight is 414 g/mol. The van der Waals surface area contributed by atoms with Gasteiger partial charge in [-0.1, -0.05) is 12.1 Å². The minimum absolute atomic E-state index is 0.161. The maximum absolute atomic E-state index is 12.8. The Bertz CT molecular complexity index is 1030. The standard InChI is InChI=1S/C24H25F3N2O/c25-24(26,27)19-9-7-16(8-10-19)15-1-5-18(6-2-15)23(30)22-20(17-3-4-17)11-12-29-14-28-13-21(22)29/h7-15,17-18,23,30H,1-6H2. The molecule has 6 heteroatoms. The second-order valence-corrected chi connectivity index (χ2v) is 8.82. The number of aliphatic hydroxyl groups is 1. The number of benzene rings is 1. The number of halogens is 3. The highest BCUT2D eigenvalue weighted by Crippen LogP contribution is 2.48. The second-order valence-electron chi connectivity index (χ2n) is 8.82. The molecule has 2 saturated carbocycles. The van der Waals surface area contributed by atoms with Gasteiger partial charge < -0.3 is 9.51 Å². The van der Waals surface area contributed by atoms with E-state index in [0.717, 1.165) is 42.3 Å². The van der Waals surface area contributed by atoms with E-state index in [0.29, 0.717) is 5.92 Å². The van der Waals surface area contributed by atoms with E-state index in [4.69, 9.17) is 0 Å².